The van der Waals surface area contributed by atoms with E-state index in [2.05, 4.69) is 145 Å². The van der Waals surface area contributed by atoms with E-state index < -0.39 is 0 Å². The van der Waals surface area contributed by atoms with Gasteiger partial charge in [-0.2, -0.15) is 0 Å². The van der Waals surface area contributed by atoms with Crippen LogP contribution in [0.3, 0.4) is 0 Å². The molecule has 0 unspecified atom stereocenters. The van der Waals surface area contributed by atoms with E-state index in [1.54, 1.807) is 0 Å². The monoisotopic (exact) mass is 526 g/mol. The highest BCUT2D eigenvalue weighted by Gasteiger charge is 2.24. The highest BCUT2D eigenvalue weighted by atomic mass is 16.3. The first kappa shape index (κ1) is 23.5. The molecule has 0 amide bonds. The summed E-state index contributed by atoms with van der Waals surface area (Å²) in [6.45, 7) is 2.17. The van der Waals surface area contributed by atoms with Gasteiger partial charge in [-0.05, 0) is 59.3 Å². The maximum Gasteiger partial charge on any atom is 0.149 e. The molecular formula is C38H26N2O. The lowest BCUT2D eigenvalue weighted by Crippen LogP contribution is -2.03. The quantitative estimate of drug-likeness (QED) is 0.228. The van der Waals surface area contributed by atoms with Crippen molar-refractivity contribution < 1.29 is 4.42 Å². The van der Waals surface area contributed by atoms with Crippen molar-refractivity contribution in [3.8, 4) is 39.3 Å². The van der Waals surface area contributed by atoms with Crippen molar-refractivity contribution in [2.45, 2.75) is 6.92 Å². The molecule has 0 radical (unpaired) electrons. The normalized spacial score (nSPS) is 11.5. The summed E-state index contributed by atoms with van der Waals surface area (Å²) in [7, 11) is 0. The van der Waals surface area contributed by atoms with Gasteiger partial charge in [0.05, 0.1) is 22.3 Å². The molecule has 0 aliphatic carbocycles. The number of fused-ring (bicyclic) bond motifs is 4. The van der Waals surface area contributed by atoms with Gasteiger partial charge in [-0.25, -0.2) is 4.98 Å². The third-order valence-corrected chi connectivity index (χ3v) is 7.91. The number of hydrogen-bond donors (Lipinski definition) is 0. The van der Waals surface area contributed by atoms with Crippen LogP contribution in [0.4, 0.5) is 0 Å². The number of para-hydroxylation sites is 2. The number of benzene rings is 6. The highest BCUT2D eigenvalue weighted by Crippen LogP contribution is 2.43. The molecule has 194 valence electrons. The molecule has 0 aliphatic rings. The summed E-state index contributed by atoms with van der Waals surface area (Å²) in [5.41, 5.74) is 10.8. The molecule has 0 fully saturated rings. The number of imidazole rings is 1. The lowest BCUT2D eigenvalue weighted by molar-refractivity contribution is 0.620. The van der Waals surface area contributed by atoms with Crippen LogP contribution in [0.1, 0.15) is 5.56 Å². The van der Waals surface area contributed by atoms with Crippen molar-refractivity contribution in [2.24, 2.45) is 0 Å². The third-order valence-electron chi connectivity index (χ3n) is 7.91. The number of furan rings is 1. The fraction of sp³-hybridized carbons (Fsp3) is 0.0263. The Hall–Kier alpha value is -5.41. The van der Waals surface area contributed by atoms with E-state index in [-0.39, 0.29) is 0 Å². The number of aryl methyl sites for hydroxylation is 1. The maximum absolute atomic E-state index is 6.30. The topological polar surface area (TPSA) is 31.0 Å². The Kier molecular flexibility index (Phi) is 5.36. The lowest BCUT2D eigenvalue weighted by Gasteiger charge is -2.20. The van der Waals surface area contributed by atoms with E-state index in [9.17, 15) is 0 Å². The second kappa shape index (κ2) is 9.35. The van der Waals surface area contributed by atoms with Crippen LogP contribution in [0.5, 0.6) is 0 Å². The smallest absolute Gasteiger partial charge is 0.149 e. The summed E-state index contributed by atoms with van der Waals surface area (Å²) in [6, 6.07) is 46.9. The highest BCUT2D eigenvalue weighted by molar-refractivity contribution is 6.09. The third kappa shape index (κ3) is 3.78. The summed E-state index contributed by atoms with van der Waals surface area (Å²) < 4.78 is 8.63. The molecule has 0 bridgehead atoms. The van der Waals surface area contributed by atoms with E-state index in [0.29, 0.717) is 0 Å². The van der Waals surface area contributed by atoms with Gasteiger partial charge in [0.2, 0.25) is 0 Å². The molecule has 2 heterocycles. The van der Waals surface area contributed by atoms with Crippen LogP contribution in [0.15, 0.2) is 144 Å². The first-order valence-electron chi connectivity index (χ1n) is 13.9. The van der Waals surface area contributed by atoms with Gasteiger partial charge >= 0.3 is 0 Å². The van der Waals surface area contributed by atoms with E-state index >= 15 is 0 Å². The van der Waals surface area contributed by atoms with Gasteiger partial charge in [-0.3, -0.25) is 4.57 Å². The molecule has 6 aromatic carbocycles. The summed E-state index contributed by atoms with van der Waals surface area (Å²) in [5.74, 6) is 0.860. The maximum atomic E-state index is 6.30. The Morgan fingerprint density at radius 1 is 0.585 bits per heavy atom. The van der Waals surface area contributed by atoms with Crippen molar-refractivity contribution >= 4 is 32.8 Å². The molecule has 3 heteroatoms. The second-order valence-electron chi connectivity index (χ2n) is 10.5. The largest absolute Gasteiger partial charge is 0.463 e. The average Bonchev–Trinajstić information content (AvgIpc) is 3.63. The first-order chi connectivity index (χ1) is 20.3. The molecule has 41 heavy (non-hydrogen) atoms. The van der Waals surface area contributed by atoms with Crippen molar-refractivity contribution in [2.75, 3.05) is 0 Å². The SMILES string of the molecule is Cc1cc(-c2ccccc2)c(-n2c(-c3coc4c3ccc3ccccc34)nc3ccccc32)c(-c2ccccc2)c1. The zero-order valence-corrected chi connectivity index (χ0v) is 22.6. The zero-order valence-electron chi connectivity index (χ0n) is 22.6. The summed E-state index contributed by atoms with van der Waals surface area (Å²) in [5, 5.41) is 3.31. The van der Waals surface area contributed by atoms with Crippen molar-refractivity contribution in [3.63, 3.8) is 0 Å². The van der Waals surface area contributed by atoms with E-state index in [1.165, 1.54) is 5.56 Å². The van der Waals surface area contributed by atoms with E-state index in [0.717, 1.165) is 72.1 Å². The van der Waals surface area contributed by atoms with Gasteiger partial charge in [-0.1, -0.05) is 103 Å². The molecule has 0 spiro atoms. The van der Waals surface area contributed by atoms with Gasteiger partial charge in [0, 0.05) is 21.9 Å². The number of rotatable bonds is 4. The Morgan fingerprint density at radius 2 is 1.22 bits per heavy atom. The fourth-order valence-corrected chi connectivity index (χ4v) is 6.06. The predicted molar refractivity (Wildman–Crippen MR) is 169 cm³/mol. The summed E-state index contributed by atoms with van der Waals surface area (Å²) in [6.07, 6.45) is 1.87. The molecule has 0 atom stereocenters. The number of nitrogens with zero attached hydrogens (tertiary/aromatic N) is 2. The fourth-order valence-electron chi connectivity index (χ4n) is 6.06. The minimum absolute atomic E-state index is 0.860. The van der Waals surface area contributed by atoms with Gasteiger partial charge in [0.25, 0.3) is 0 Å². The van der Waals surface area contributed by atoms with Gasteiger partial charge in [-0.15, -0.1) is 0 Å². The molecule has 8 aromatic rings. The van der Waals surface area contributed by atoms with Crippen LogP contribution in [0.25, 0.3) is 72.1 Å². The molecule has 3 nitrogen and oxygen atoms in total. The number of aromatic nitrogens is 2. The Morgan fingerprint density at radius 3 is 1.95 bits per heavy atom. The molecule has 8 rings (SSSR count). The van der Waals surface area contributed by atoms with Crippen molar-refractivity contribution in [3.05, 3.63) is 145 Å². The van der Waals surface area contributed by atoms with E-state index in [1.807, 2.05) is 6.26 Å². The van der Waals surface area contributed by atoms with Crippen molar-refractivity contribution in [1.29, 1.82) is 0 Å². The molecule has 0 saturated carbocycles. The van der Waals surface area contributed by atoms with Crippen LogP contribution in [-0.2, 0) is 0 Å². The molecular weight excluding hydrogens is 500 g/mol. The first-order valence-corrected chi connectivity index (χ1v) is 13.9. The average molecular weight is 527 g/mol. The van der Waals surface area contributed by atoms with Gasteiger partial charge in [0.15, 0.2) is 0 Å². The Bertz CT molecular complexity index is 2140. The molecule has 2 aromatic heterocycles. The molecule has 0 saturated heterocycles. The minimum atomic E-state index is 0.860. The molecule has 0 N–H and O–H groups in total. The zero-order chi connectivity index (χ0) is 27.3. The van der Waals surface area contributed by atoms with E-state index in [4.69, 9.17) is 9.40 Å². The Balaban J connectivity index is 1.52. The minimum Gasteiger partial charge on any atom is -0.463 e. The van der Waals surface area contributed by atoms with Gasteiger partial charge in [0.1, 0.15) is 17.7 Å². The van der Waals surface area contributed by atoms with Crippen LogP contribution < -0.4 is 0 Å². The van der Waals surface area contributed by atoms with Crippen molar-refractivity contribution in [1.82, 2.24) is 9.55 Å². The van der Waals surface area contributed by atoms with Crippen LogP contribution >= 0.6 is 0 Å². The lowest BCUT2D eigenvalue weighted by atomic mass is 9.93. The van der Waals surface area contributed by atoms with Crippen LogP contribution in [-0.4, -0.2) is 9.55 Å². The standard InChI is InChI=1S/C38H26N2O/c1-25-22-31(26-12-4-2-5-13-26)36(32(23-25)27-14-6-3-7-15-27)40-35-19-11-10-18-34(35)39-38(40)33-24-41-37-29-17-9-8-16-28(29)20-21-30(33)37/h2-24H,1H3. The summed E-state index contributed by atoms with van der Waals surface area (Å²) in [4.78, 5) is 5.26. The summed E-state index contributed by atoms with van der Waals surface area (Å²) >= 11 is 0. The second-order valence-corrected chi connectivity index (χ2v) is 10.5. The Labute approximate surface area is 238 Å². The number of hydrogen-bond acceptors (Lipinski definition) is 2. The van der Waals surface area contributed by atoms with Crippen LogP contribution in [0, 0.1) is 6.92 Å². The van der Waals surface area contributed by atoms with Gasteiger partial charge < -0.3 is 4.42 Å². The molecule has 0 aliphatic heterocycles. The van der Waals surface area contributed by atoms with Crippen LogP contribution in [0.2, 0.25) is 0 Å². The predicted octanol–water partition coefficient (Wildman–Crippen LogP) is 10.2.